The van der Waals surface area contributed by atoms with E-state index in [-0.39, 0.29) is 36.1 Å². The van der Waals surface area contributed by atoms with Crippen LogP contribution in [-0.2, 0) is 16.0 Å². The largest absolute Gasteiger partial charge is 0.467 e. The summed E-state index contributed by atoms with van der Waals surface area (Å²) >= 11 is 0. The van der Waals surface area contributed by atoms with Crippen LogP contribution in [0.25, 0.3) is 0 Å². The zero-order chi connectivity index (χ0) is 18.0. The van der Waals surface area contributed by atoms with Gasteiger partial charge in [0.2, 0.25) is 11.8 Å². The predicted octanol–water partition coefficient (Wildman–Crippen LogP) is 2.32. The van der Waals surface area contributed by atoms with Crippen LogP contribution < -0.4 is 5.32 Å². The molecule has 1 saturated heterocycles. The topological polar surface area (TPSA) is 79.6 Å². The number of amides is 3. The Balaban J connectivity index is 1.66. The van der Waals surface area contributed by atoms with Crippen molar-refractivity contribution in [2.75, 3.05) is 7.05 Å². The Hall–Kier alpha value is -2.89. The molecule has 3 amide bonds. The van der Waals surface area contributed by atoms with E-state index in [4.69, 9.17) is 4.42 Å². The van der Waals surface area contributed by atoms with Crippen LogP contribution in [-0.4, -0.2) is 29.7 Å². The van der Waals surface area contributed by atoms with Gasteiger partial charge in [-0.25, -0.2) is 0 Å². The minimum absolute atomic E-state index is 0.107. The van der Waals surface area contributed by atoms with Crippen LogP contribution in [0, 0.1) is 5.92 Å². The van der Waals surface area contributed by atoms with E-state index in [0.717, 1.165) is 11.3 Å². The van der Waals surface area contributed by atoms with Gasteiger partial charge in [0.05, 0.1) is 18.2 Å². The molecule has 0 saturated carbocycles. The molecule has 6 heteroatoms. The van der Waals surface area contributed by atoms with Crippen LogP contribution in [0.2, 0.25) is 0 Å². The van der Waals surface area contributed by atoms with Crippen molar-refractivity contribution in [3.63, 3.8) is 0 Å². The molecule has 25 heavy (non-hydrogen) atoms. The minimum Gasteiger partial charge on any atom is -0.467 e. The number of nitrogens with one attached hydrogen (secondary N) is 1. The second-order valence-corrected chi connectivity index (χ2v) is 6.32. The molecule has 1 fully saturated rings. The molecular weight excluding hydrogens is 320 g/mol. The summed E-state index contributed by atoms with van der Waals surface area (Å²) in [5, 5.41) is 2.31. The highest BCUT2D eigenvalue weighted by molar-refractivity contribution is 6.03. The van der Waals surface area contributed by atoms with Crippen LogP contribution in [0.3, 0.4) is 0 Å². The molecule has 0 spiro atoms. The Morgan fingerprint density at radius 2 is 2.00 bits per heavy atom. The van der Waals surface area contributed by atoms with Crippen molar-refractivity contribution < 1.29 is 18.8 Å². The molecule has 1 aromatic heterocycles. The maximum atomic E-state index is 12.6. The highest BCUT2D eigenvalue weighted by Crippen LogP contribution is 2.22. The molecule has 1 aliphatic heterocycles. The normalized spacial score (nSPS) is 18.1. The monoisotopic (exact) mass is 340 g/mol. The number of benzene rings is 1. The Labute approximate surface area is 145 Å². The van der Waals surface area contributed by atoms with Crippen molar-refractivity contribution in [3.8, 4) is 0 Å². The molecule has 1 aromatic carbocycles. The van der Waals surface area contributed by atoms with Gasteiger partial charge in [-0.3, -0.25) is 19.7 Å². The quantitative estimate of drug-likeness (QED) is 0.847. The number of carbonyl (C=O) groups excluding carboxylic acids is 3. The first-order valence-electron chi connectivity index (χ1n) is 8.19. The molecule has 0 radical (unpaired) electrons. The first kappa shape index (κ1) is 17.0. The zero-order valence-corrected chi connectivity index (χ0v) is 14.2. The minimum atomic E-state index is -0.323. The number of nitrogens with zero attached hydrogens (tertiary/aromatic N) is 1. The van der Waals surface area contributed by atoms with E-state index in [1.54, 1.807) is 36.4 Å². The van der Waals surface area contributed by atoms with Crippen molar-refractivity contribution in [2.45, 2.75) is 25.8 Å². The summed E-state index contributed by atoms with van der Waals surface area (Å²) in [6.45, 7) is 1.90. The van der Waals surface area contributed by atoms with Crippen LogP contribution >= 0.6 is 0 Å². The fourth-order valence-corrected chi connectivity index (χ4v) is 2.94. The van der Waals surface area contributed by atoms with Gasteiger partial charge in [0.15, 0.2) is 0 Å². The standard InChI is InChI=1S/C19H20N2O4/c1-12(16-4-3-9-25-16)21(2)19(24)14-7-5-13(6-8-14)10-15-11-17(22)20-18(15)23/h3-9,12,15H,10-11H2,1-2H3,(H,20,22,23)/t12-,15+/m0/s1. The van der Waals surface area contributed by atoms with Crippen LogP contribution in [0.4, 0.5) is 0 Å². The zero-order valence-electron chi connectivity index (χ0n) is 14.2. The number of furan rings is 1. The lowest BCUT2D eigenvalue weighted by Gasteiger charge is -2.23. The van der Waals surface area contributed by atoms with Gasteiger partial charge in [-0.2, -0.15) is 0 Å². The number of hydrogen-bond acceptors (Lipinski definition) is 4. The number of imide groups is 1. The highest BCUT2D eigenvalue weighted by Gasteiger charge is 2.30. The van der Waals surface area contributed by atoms with Gasteiger partial charge >= 0.3 is 0 Å². The van der Waals surface area contributed by atoms with Gasteiger partial charge in [-0.1, -0.05) is 12.1 Å². The molecule has 130 valence electrons. The maximum Gasteiger partial charge on any atom is 0.254 e. The molecule has 6 nitrogen and oxygen atoms in total. The third kappa shape index (κ3) is 3.63. The van der Waals surface area contributed by atoms with Crippen molar-refractivity contribution in [1.82, 2.24) is 10.2 Å². The van der Waals surface area contributed by atoms with E-state index < -0.39 is 0 Å². The van der Waals surface area contributed by atoms with Crippen molar-refractivity contribution >= 4 is 17.7 Å². The smallest absolute Gasteiger partial charge is 0.254 e. The first-order chi connectivity index (χ1) is 12.0. The molecule has 0 aliphatic carbocycles. The van der Waals surface area contributed by atoms with Gasteiger partial charge in [-0.15, -0.1) is 0 Å². The molecule has 2 heterocycles. The fourth-order valence-electron chi connectivity index (χ4n) is 2.94. The average molecular weight is 340 g/mol. The van der Waals surface area contributed by atoms with Gasteiger partial charge < -0.3 is 9.32 Å². The van der Waals surface area contributed by atoms with Crippen molar-refractivity contribution in [3.05, 3.63) is 59.5 Å². The van der Waals surface area contributed by atoms with E-state index in [1.807, 2.05) is 25.1 Å². The Bertz CT molecular complexity index is 780. The Kier molecular flexibility index (Phi) is 4.70. The number of carbonyl (C=O) groups is 3. The molecule has 0 unspecified atom stereocenters. The summed E-state index contributed by atoms with van der Waals surface area (Å²) in [7, 11) is 1.73. The number of rotatable bonds is 5. The third-order valence-electron chi connectivity index (χ3n) is 4.60. The van der Waals surface area contributed by atoms with E-state index >= 15 is 0 Å². The average Bonchev–Trinajstić information content (AvgIpc) is 3.24. The van der Waals surface area contributed by atoms with Gasteiger partial charge in [0.1, 0.15) is 5.76 Å². The lowest BCUT2D eigenvalue weighted by Crippen LogP contribution is -2.29. The second-order valence-electron chi connectivity index (χ2n) is 6.32. The van der Waals surface area contributed by atoms with Gasteiger partial charge in [0.25, 0.3) is 5.91 Å². The molecule has 3 rings (SSSR count). The molecule has 1 N–H and O–H groups in total. The van der Waals surface area contributed by atoms with E-state index in [0.29, 0.717) is 12.0 Å². The maximum absolute atomic E-state index is 12.6. The predicted molar refractivity (Wildman–Crippen MR) is 90.6 cm³/mol. The third-order valence-corrected chi connectivity index (χ3v) is 4.60. The molecule has 2 atom stereocenters. The summed E-state index contributed by atoms with van der Waals surface area (Å²) in [6.07, 6.45) is 2.30. The van der Waals surface area contributed by atoms with E-state index in [2.05, 4.69) is 5.32 Å². The van der Waals surface area contributed by atoms with E-state index in [1.165, 1.54) is 0 Å². The van der Waals surface area contributed by atoms with Crippen molar-refractivity contribution in [2.24, 2.45) is 5.92 Å². The van der Waals surface area contributed by atoms with E-state index in [9.17, 15) is 14.4 Å². The lowest BCUT2D eigenvalue weighted by molar-refractivity contribution is -0.125. The first-order valence-corrected chi connectivity index (χ1v) is 8.19. The Morgan fingerprint density at radius 1 is 1.28 bits per heavy atom. The van der Waals surface area contributed by atoms with Crippen LogP contribution in [0.15, 0.2) is 47.1 Å². The summed E-state index contributed by atoms with van der Waals surface area (Å²) in [6, 6.07) is 10.6. The molecular formula is C19H20N2O4. The molecule has 0 bridgehead atoms. The van der Waals surface area contributed by atoms with Gasteiger partial charge in [0, 0.05) is 19.0 Å². The molecule has 1 aliphatic rings. The summed E-state index contributed by atoms with van der Waals surface area (Å²) in [4.78, 5) is 37.1. The second kappa shape index (κ2) is 6.93. The van der Waals surface area contributed by atoms with Crippen LogP contribution in [0.1, 0.15) is 41.1 Å². The van der Waals surface area contributed by atoms with Crippen molar-refractivity contribution in [1.29, 1.82) is 0 Å². The fraction of sp³-hybridized carbons (Fsp3) is 0.316. The Morgan fingerprint density at radius 3 is 2.56 bits per heavy atom. The number of hydrogen-bond donors (Lipinski definition) is 1. The summed E-state index contributed by atoms with van der Waals surface area (Å²) in [5.41, 5.74) is 1.49. The van der Waals surface area contributed by atoms with Gasteiger partial charge in [-0.05, 0) is 43.2 Å². The summed E-state index contributed by atoms with van der Waals surface area (Å²) in [5.74, 6) is -0.156. The molecule has 2 aromatic rings. The lowest BCUT2D eigenvalue weighted by atomic mass is 9.97. The SMILES string of the molecule is C[C@@H](c1ccco1)N(C)C(=O)c1ccc(C[C@@H]2CC(=O)NC2=O)cc1. The van der Waals surface area contributed by atoms with Crippen LogP contribution in [0.5, 0.6) is 0 Å². The highest BCUT2D eigenvalue weighted by atomic mass is 16.3. The summed E-state index contributed by atoms with van der Waals surface area (Å²) < 4.78 is 5.36.